The Morgan fingerprint density at radius 1 is 1.29 bits per heavy atom. The number of hydrogen-bond donors (Lipinski definition) is 2. The van der Waals surface area contributed by atoms with Gasteiger partial charge in [-0.05, 0) is 30.6 Å². The van der Waals surface area contributed by atoms with Crippen molar-refractivity contribution < 1.29 is 4.79 Å². The fourth-order valence-electron chi connectivity index (χ4n) is 2.20. The van der Waals surface area contributed by atoms with Crippen molar-refractivity contribution in [2.45, 2.75) is 52.5 Å². The van der Waals surface area contributed by atoms with E-state index in [4.69, 9.17) is 5.73 Å². The van der Waals surface area contributed by atoms with Crippen molar-refractivity contribution in [3.63, 3.8) is 0 Å². The molecule has 3 nitrogen and oxygen atoms in total. The lowest BCUT2D eigenvalue weighted by molar-refractivity contribution is -0.123. The largest absolute Gasteiger partial charge is 0.354 e. The van der Waals surface area contributed by atoms with Crippen LogP contribution >= 0.6 is 12.4 Å². The molecule has 1 saturated carbocycles. The van der Waals surface area contributed by atoms with E-state index in [1.165, 1.54) is 25.7 Å². The summed E-state index contributed by atoms with van der Waals surface area (Å²) in [5.74, 6) is 1.75. The van der Waals surface area contributed by atoms with Crippen LogP contribution in [0.1, 0.15) is 46.5 Å². The standard InChI is InChI=1S/C13H26N2O.ClH/c1-9(2)12(14)13(16)15-8-11-6-4-10(3)5-7-11;/h9-12H,4-8,14H2,1-3H3,(H,15,16);1H/t10?,11?,12-;/m1./s1. The van der Waals surface area contributed by atoms with Crippen molar-refractivity contribution in [2.24, 2.45) is 23.5 Å². The molecule has 4 heteroatoms. The van der Waals surface area contributed by atoms with Crippen LogP contribution in [0.15, 0.2) is 0 Å². The molecule has 0 spiro atoms. The molecule has 0 radical (unpaired) electrons. The van der Waals surface area contributed by atoms with E-state index in [9.17, 15) is 4.79 Å². The fourth-order valence-corrected chi connectivity index (χ4v) is 2.20. The minimum Gasteiger partial charge on any atom is -0.354 e. The first-order valence-electron chi connectivity index (χ1n) is 6.54. The van der Waals surface area contributed by atoms with E-state index in [1.54, 1.807) is 0 Å². The second-order valence-electron chi connectivity index (χ2n) is 5.64. The molecule has 0 saturated heterocycles. The summed E-state index contributed by atoms with van der Waals surface area (Å²) in [5, 5.41) is 2.98. The SMILES string of the molecule is CC1CCC(CNC(=O)[C@H](N)C(C)C)CC1.Cl. The van der Waals surface area contributed by atoms with Crippen LogP contribution in [0.4, 0.5) is 0 Å². The highest BCUT2D eigenvalue weighted by atomic mass is 35.5. The van der Waals surface area contributed by atoms with Gasteiger partial charge in [-0.1, -0.05) is 33.6 Å². The third-order valence-electron chi connectivity index (χ3n) is 3.72. The van der Waals surface area contributed by atoms with Crippen LogP contribution in [0.3, 0.4) is 0 Å². The summed E-state index contributed by atoms with van der Waals surface area (Å²) < 4.78 is 0. The first kappa shape index (κ1) is 16.7. The van der Waals surface area contributed by atoms with Gasteiger partial charge in [0.1, 0.15) is 0 Å². The Hall–Kier alpha value is -0.280. The predicted molar refractivity (Wildman–Crippen MR) is 74.2 cm³/mol. The van der Waals surface area contributed by atoms with Crippen molar-refractivity contribution in [1.29, 1.82) is 0 Å². The smallest absolute Gasteiger partial charge is 0.237 e. The summed E-state index contributed by atoms with van der Waals surface area (Å²) in [6.07, 6.45) is 5.10. The maximum absolute atomic E-state index is 11.7. The van der Waals surface area contributed by atoms with Gasteiger partial charge in [-0.3, -0.25) is 4.79 Å². The Morgan fingerprint density at radius 2 is 1.82 bits per heavy atom. The fraction of sp³-hybridized carbons (Fsp3) is 0.923. The topological polar surface area (TPSA) is 55.1 Å². The van der Waals surface area contributed by atoms with Gasteiger partial charge in [0.25, 0.3) is 0 Å². The number of rotatable bonds is 4. The lowest BCUT2D eigenvalue weighted by Crippen LogP contribution is -2.45. The molecule has 1 aliphatic rings. The van der Waals surface area contributed by atoms with Gasteiger partial charge in [0.2, 0.25) is 5.91 Å². The van der Waals surface area contributed by atoms with Crippen LogP contribution in [0.25, 0.3) is 0 Å². The maximum Gasteiger partial charge on any atom is 0.237 e. The second-order valence-corrected chi connectivity index (χ2v) is 5.64. The molecule has 1 amide bonds. The Labute approximate surface area is 111 Å². The monoisotopic (exact) mass is 262 g/mol. The first-order chi connectivity index (χ1) is 7.50. The van der Waals surface area contributed by atoms with E-state index in [-0.39, 0.29) is 30.3 Å². The van der Waals surface area contributed by atoms with E-state index >= 15 is 0 Å². The highest BCUT2D eigenvalue weighted by Crippen LogP contribution is 2.27. The minimum atomic E-state index is -0.359. The molecule has 17 heavy (non-hydrogen) atoms. The van der Waals surface area contributed by atoms with Crippen molar-refractivity contribution in [3.8, 4) is 0 Å². The summed E-state index contributed by atoms with van der Waals surface area (Å²) >= 11 is 0. The van der Waals surface area contributed by atoms with E-state index in [2.05, 4.69) is 12.2 Å². The highest BCUT2D eigenvalue weighted by Gasteiger charge is 2.21. The zero-order valence-corrected chi connectivity index (χ0v) is 12.1. The zero-order chi connectivity index (χ0) is 12.1. The Kier molecular flexibility index (Phi) is 7.80. The van der Waals surface area contributed by atoms with Crippen molar-refractivity contribution in [1.82, 2.24) is 5.32 Å². The van der Waals surface area contributed by atoms with Gasteiger partial charge in [0, 0.05) is 6.54 Å². The quantitative estimate of drug-likeness (QED) is 0.817. The van der Waals surface area contributed by atoms with Crippen LogP contribution in [-0.4, -0.2) is 18.5 Å². The second kappa shape index (κ2) is 7.93. The van der Waals surface area contributed by atoms with Crippen molar-refractivity contribution >= 4 is 18.3 Å². The number of nitrogens with one attached hydrogen (secondary N) is 1. The number of hydrogen-bond acceptors (Lipinski definition) is 2. The molecule has 0 aromatic rings. The van der Waals surface area contributed by atoms with Gasteiger partial charge in [-0.25, -0.2) is 0 Å². The summed E-state index contributed by atoms with van der Waals surface area (Å²) in [6.45, 7) is 7.08. The lowest BCUT2D eigenvalue weighted by atomic mass is 9.83. The number of carbonyl (C=O) groups is 1. The summed E-state index contributed by atoms with van der Waals surface area (Å²) in [4.78, 5) is 11.7. The van der Waals surface area contributed by atoms with E-state index in [0.29, 0.717) is 5.92 Å². The number of nitrogens with two attached hydrogens (primary N) is 1. The molecule has 1 fully saturated rings. The van der Waals surface area contributed by atoms with Crippen molar-refractivity contribution in [2.75, 3.05) is 6.54 Å². The molecule has 0 aromatic heterocycles. The average molecular weight is 263 g/mol. The molecule has 1 atom stereocenters. The van der Waals surface area contributed by atoms with Crippen LogP contribution in [-0.2, 0) is 4.79 Å². The Morgan fingerprint density at radius 3 is 2.29 bits per heavy atom. The molecule has 0 heterocycles. The third kappa shape index (κ3) is 5.73. The summed E-state index contributed by atoms with van der Waals surface area (Å²) in [6, 6.07) is -0.359. The van der Waals surface area contributed by atoms with Gasteiger partial charge in [-0.2, -0.15) is 0 Å². The molecule has 3 N–H and O–H groups in total. The molecule has 1 rings (SSSR count). The summed E-state index contributed by atoms with van der Waals surface area (Å²) in [5.41, 5.74) is 5.79. The van der Waals surface area contributed by atoms with Gasteiger partial charge in [0.15, 0.2) is 0 Å². The van der Waals surface area contributed by atoms with Crippen LogP contribution in [0.5, 0.6) is 0 Å². The van der Waals surface area contributed by atoms with Gasteiger partial charge >= 0.3 is 0 Å². The van der Waals surface area contributed by atoms with Crippen LogP contribution < -0.4 is 11.1 Å². The first-order valence-corrected chi connectivity index (χ1v) is 6.54. The third-order valence-corrected chi connectivity index (χ3v) is 3.72. The maximum atomic E-state index is 11.7. The molecule has 0 aromatic carbocycles. The van der Waals surface area contributed by atoms with Gasteiger partial charge in [0.05, 0.1) is 6.04 Å². The summed E-state index contributed by atoms with van der Waals surface area (Å²) in [7, 11) is 0. The number of halogens is 1. The Bertz CT molecular complexity index is 225. The van der Waals surface area contributed by atoms with Crippen molar-refractivity contribution in [3.05, 3.63) is 0 Å². The molecule has 0 aliphatic heterocycles. The van der Waals surface area contributed by atoms with Crippen LogP contribution in [0, 0.1) is 17.8 Å². The number of amides is 1. The zero-order valence-electron chi connectivity index (χ0n) is 11.2. The number of carbonyl (C=O) groups excluding carboxylic acids is 1. The normalized spacial score (nSPS) is 26.2. The van der Waals surface area contributed by atoms with E-state index < -0.39 is 0 Å². The minimum absolute atomic E-state index is 0. The predicted octanol–water partition coefficient (Wildman–Crippen LogP) is 2.33. The molecule has 0 unspecified atom stereocenters. The molecule has 1 aliphatic carbocycles. The molecule has 102 valence electrons. The average Bonchev–Trinajstić information content (AvgIpc) is 2.26. The highest BCUT2D eigenvalue weighted by molar-refractivity contribution is 5.85. The molecular weight excluding hydrogens is 236 g/mol. The van der Waals surface area contributed by atoms with Crippen LogP contribution in [0.2, 0.25) is 0 Å². The molecular formula is C13H27ClN2O. The Balaban J connectivity index is 0.00000256. The van der Waals surface area contributed by atoms with E-state index in [1.807, 2.05) is 13.8 Å². The van der Waals surface area contributed by atoms with Gasteiger partial charge < -0.3 is 11.1 Å². The van der Waals surface area contributed by atoms with Gasteiger partial charge in [-0.15, -0.1) is 12.4 Å². The molecule has 0 bridgehead atoms. The van der Waals surface area contributed by atoms with E-state index in [0.717, 1.165) is 12.5 Å². The lowest BCUT2D eigenvalue weighted by Gasteiger charge is -2.27.